The molecule has 0 bridgehead atoms. The first-order valence-corrected chi connectivity index (χ1v) is 6.16. The molecule has 14 heavy (non-hydrogen) atoms. The Morgan fingerprint density at radius 1 is 1.36 bits per heavy atom. The predicted molar refractivity (Wildman–Crippen MR) is 55.1 cm³/mol. The van der Waals surface area contributed by atoms with E-state index in [0.29, 0.717) is 5.56 Å². The highest BCUT2D eigenvalue weighted by Gasteiger charge is 2.16. The van der Waals surface area contributed by atoms with Gasteiger partial charge in [0.2, 0.25) is 9.84 Å². The quantitative estimate of drug-likeness (QED) is 0.747. The molecule has 78 valence electrons. The molecule has 1 aromatic rings. The monoisotopic (exact) mass is 234 g/mol. The molecule has 0 radical (unpaired) electrons. The number of ether oxygens (including phenoxy) is 1. The van der Waals surface area contributed by atoms with Crippen LogP contribution >= 0.6 is 11.6 Å². The Kier molecular flexibility index (Phi) is 3.92. The van der Waals surface area contributed by atoms with E-state index < -0.39 is 9.84 Å². The zero-order valence-electron chi connectivity index (χ0n) is 7.73. The first kappa shape index (κ1) is 11.5. The molecule has 0 fully saturated rings. The van der Waals surface area contributed by atoms with Crippen molar-refractivity contribution in [2.75, 3.05) is 13.0 Å². The highest BCUT2D eigenvalue weighted by Crippen LogP contribution is 2.18. The fraction of sp³-hybridized carbons (Fsp3) is 0.333. The van der Waals surface area contributed by atoms with Crippen LogP contribution in [0.3, 0.4) is 0 Å². The van der Waals surface area contributed by atoms with Crippen LogP contribution in [0.1, 0.15) is 5.56 Å². The summed E-state index contributed by atoms with van der Waals surface area (Å²) in [4.78, 5) is 0.247. The van der Waals surface area contributed by atoms with Gasteiger partial charge in [-0.15, -0.1) is 11.6 Å². The number of hydrogen-bond acceptors (Lipinski definition) is 3. The summed E-state index contributed by atoms with van der Waals surface area (Å²) in [6.45, 7) is 0. The minimum atomic E-state index is -3.36. The maximum atomic E-state index is 11.6. The van der Waals surface area contributed by atoms with Gasteiger partial charge in [-0.05, 0) is 11.6 Å². The van der Waals surface area contributed by atoms with E-state index >= 15 is 0 Å². The zero-order valence-corrected chi connectivity index (χ0v) is 9.31. The summed E-state index contributed by atoms with van der Waals surface area (Å²) in [5, 5.41) is 0. The number of hydrogen-bond donors (Lipinski definition) is 0. The zero-order chi connectivity index (χ0) is 10.6. The molecule has 1 rings (SSSR count). The second-order valence-corrected chi connectivity index (χ2v) is 4.93. The van der Waals surface area contributed by atoms with Crippen molar-refractivity contribution in [2.24, 2.45) is 0 Å². The molecule has 1 aromatic carbocycles. The van der Waals surface area contributed by atoms with Crippen LogP contribution in [0.4, 0.5) is 0 Å². The fourth-order valence-corrected chi connectivity index (χ4v) is 2.71. The third kappa shape index (κ3) is 2.47. The Bertz CT molecular complexity index is 400. The molecule has 5 heteroatoms. The number of rotatable bonds is 4. The molecule has 0 atom stereocenters. The van der Waals surface area contributed by atoms with Gasteiger partial charge in [-0.3, -0.25) is 0 Å². The van der Waals surface area contributed by atoms with Gasteiger partial charge in [0.1, 0.15) is 0 Å². The molecule has 0 aliphatic rings. The lowest BCUT2D eigenvalue weighted by Gasteiger charge is -2.06. The summed E-state index contributed by atoms with van der Waals surface area (Å²) in [6.07, 6.45) is 0. The second-order valence-electron chi connectivity index (χ2n) is 2.76. The Labute approximate surface area is 88.6 Å². The average molecular weight is 235 g/mol. The van der Waals surface area contributed by atoms with Crippen molar-refractivity contribution in [1.29, 1.82) is 0 Å². The molecule has 0 saturated heterocycles. The van der Waals surface area contributed by atoms with E-state index in [1.54, 1.807) is 18.2 Å². The maximum absolute atomic E-state index is 11.6. The lowest BCUT2D eigenvalue weighted by atomic mass is 10.2. The van der Waals surface area contributed by atoms with Crippen molar-refractivity contribution in [2.45, 2.75) is 10.8 Å². The van der Waals surface area contributed by atoms with Gasteiger partial charge in [-0.2, -0.15) is 0 Å². The summed E-state index contributed by atoms with van der Waals surface area (Å²) >= 11 is 5.63. The smallest absolute Gasteiger partial charge is 0.202 e. The summed E-state index contributed by atoms with van der Waals surface area (Å²) in [7, 11) is -2.01. The molecule has 0 spiro atoms. The summed E-state index contributed by atoms with van der Waals surface area (Å²) in [5.74, 6) is -0.139. The van der Waals surface area contributed by atoms with Crippen molar-refractivity contribution in [1.82, 2.24) is 0 Å². The Morgan fingerprint density at radius 2 is 2.00 bits per heavy atom. The van der Waals surface area contributed by atoms with Crippen LogP contribution in [0.2, 0.25) is 0 Å². The van der Waals surface area contributed by atoms with Gasteiger partial charge in [0.05, 0.1) is 4.90 Å². The molecule has 0 N–H and O–H groups in total. The average Bonchev–Trinajstić information content (AvgIpc) is 2.18. The lowest BCUT2D eigenvalue weighted by molar-refractivity contribution is 0.249. The molecular weight excluding hydrogens is 224 g/mol. The van der Waals surface area contributed by atoms with Crippen LogP contribution in [-0.2, 0) is 20.5 Å². The van der Waals surface area contributed by atoms with Crippen molar-refractivity contribution in [3.8, 4) is 0 Å². The molecule has 0 amide bonds. The molecule has 0 saturated carbocycles. The molecule has 3 nitrogen and oxygen atoms in total. The Morgan fingerprint density at radius 3 is 2.57 bits per heavy atom. The van der Waals surface area contributed by atoms with Gasteiger partial charge < -0.3 is 4.74 Å². The number of methoxy groups -OCH3 is 1. The normalized spacial score (nSPS) is 11.6. The van der Waals surface area contributed by atoms with Crippen LogP contribution in [0.25, 0.3) is 0 Å². The summed E-state index contributed by atoms with van der Waals surface area (Å²) in [6, 6.07) is 6.64. The first-order valence-electron chi connectivity index (χ1n) is 3.97. The molecular formula is C9H11ClO3S. The number of sulfone groups is 1. The van der Waals surface area contributed by atoms with E-state index in [9.17, 15) is 8.42 Å². The van der Waals surface area contributed by atoms with Gasteiger partial charge in [0, 0.05) is 13.0 Å². The van der Waals surface area contributed by atoms with Gasteiger partial charge in [0.25, 0.3) is 0 Å². The number of halogens is 1. The third-order valence-electron chi connectivity index (χ3n) is 1.72. The SMILES string of the molecule is COCS(=O)(=O)c1ccccc1CCl. The highest BCUT2D eigenvalue weighted by atomic mass is 35.5. The van der Waals surface area contributed by atoms with Crippen molar-refractivity contribution >= 4 is 21.4 Å². The molecule has 0 unspecified atom stereocenters. The fourth-order valence-electron chi connectivity index (χ4n) is 1.14. The number of alkyl halides is 1. The van der Waals surface area contributed by atoms with Crippen LogP contribution in [-0.4, -0.2) is 21.5 Å². The van der Waals surface area contributed by atoms with E-state index in [1.807, 2.05) is 0 Å². The minimum absolute atomic E-state index is 0.180. The second kappa shape index (κ2) is 4.77. The van der Waals surface area contributed by atoms with Crippen molar-refractivity contribution in [3.63, 3.8) is 0 Å². The van der Waals surface area contributed by atoms with Gasteiger partial charge in [0.15, 0.2) is 5.94 Å². The van der Waals surface area contributed by atoms with Crippen molar-refractivity contribution < 1.29 is 13.2 Å². The molecule has 0 heterocycles. The third-order valence-corrected chi connectivity index (χ3v) is 3.63. The standard InChI is InChI=1S/C9H11ClO3S/c1-13-7-14(11,12)9-5-3-2-4-8(9)6-10/h2-5H,6-7H2,1H3. The van der Waals surface area contributed by atoms with E-state index in [2.05, 4.69) is 4.74 Å². The maximum Gasteiger partial charge on any atom is 0.202 e. The van der Waals surface area contributed by atoms with Gasteiger partial charge in [-0.1, -0.05) is 18.2 Å². The van der Waals surface area contributed by atoms with Crippen LogP contribution in [0.5, 0.6) is 0 Å². The van der Waals surface area contributed by atoms with E-state index in [-0.39, 0.29) is 16.7 Å². The highest BCUT2D eigenvalue weighted by molar-refractivity contribution is 7.91. The summed E-state index contributed by atoms with van der Waals surface area (Å²) < 4.78 is 27.9. The summed E-state index contributed by atoms with van der Waals surface area (Å²) in [5.41, 5.74) is 0.603. The van der Waals surface area contributed by atoms with Crippen molar-refractivity contribution in [3.05, 3.63) is 29.8 Å². The molecule has 0 aromatic heterocycles. The Hall–Kier alpha value is -0.580. The minimum Gasteiger partial charge on any atom is -0.368 e. The largest absolute Gasteiger partial charge is 0.368 e. The molecule has 0 aliphatic heterocycles. The van der Waals surface area contributed by atoms with Crippen LogP contribution in [0, 0.1) is 0 Å². The first-order chi connectivity index (χ1) is 6.61. The van der Waals surface area contributed by atoms with E-state index in [1.165, 1.54) is 13.2 Å². The van der Waals surface area contributed by atoms with Crippen LogP contribution < -0.4 is 0 Å². The van der Waals surface area contributed by atoms with Gasteiger partial charge in [-0.25, -0.2) is 8.42 Å². The number of benzene rings is 1. The van der Waals surface area contributed by atoms with E-state index in [4.69, 9.17) is 11.6 Å². The topological polar surface area (TPSA) is 43.4 Å². The van der Waals surface area contributed by atoms with Crippen LogP contribution in [0.15, 0.2) is 29.2 Å². The van der Waals surface area contributed by atoms with E-state index in [0.717, 1.165) is 0 Å². The lowest BCUT2D eigenvalue weighted by Crippen LogP contribution is -2.10. The molecule has 0 aliphatic carbocycles. The van der Waals surface area contributed by atoms with Gasteiger partial charge >= 0.3 is 0 Å². The predicted octanol–water partition coefficient (Wildman–Crippen LogP) is 1.80. The Balaban J connectivity index is 3.18.